The Morgan fingerprint density at radius 1 is 1.75 bits per heavy atom. The summed E-state index contributed by atoms with van der Waals surface area (Å²) in [7, 11) is 0. The molecule has 1 atom stereocenters. The Hall–Kier alpha value is -0.810. The summed E-state index contributed by atoms with van der Waals surface area (Å²) in [5.74, 6) is 2.61. The third kappa shape index (κ3) is 1.86. The molecule has 0 N–H and O–H groups in total. The molecule has 2 heteroatoms. The number of ketones is 1. The first-order valence-corrected chi connectivity index (χ1v) is 4.30. The van der Waals surface area contributed by atoms with Crippen molar-refractivity contribution in [2.24, 2.45) is 0 Å². The Bertz CT molecular complexity index is 206. The number of carbonyl (C=O) groups is 1. The Kier molecular flexibility index (Phi) is 2.88. The van der Waals surface area contributed by atoms with E-state index in [0.717, 1.165) is 12.8 Å². The normalized spacial score (nSPS) is 28.3. The second kappa shape index (κ2) is 3.73. The maximum atomic E-state index is 11.5. The number of carbonyl (C=O) groups excluding carboxylic acids is 1. The van der Waals surface area contributed by atoms with Gasteiger partial charge in [-0.1, -0.05) is 0 Å². The van der Waals surface area contributed by atoms with E-state index in [-0.39, 0.29) is 5.78 Å². The molecule has 0 spiro atoms. The lowest BCUT2D eigenvalue weighted by Gasteiger charge is -2.20. The largest absolute Gasteiger partial charge is 0.368 e. The van der Waals surface area contributed by atoms with Crippen molar-refractivity contribution in [3.05, 3.63) is 0 Å². The summed E-state index contributed by atoms with van der Waals surface area (Å²) in [6.07, 6.45) is 7.88. The molecule has 1 rings (SSSR count). The van der Waals surface area contributed by atoms with E-state index in [1.165, 1.54) is 0 Å². The molecule has 0 aromatic heterocycles. The number of hydrogen-bond donors (Lipinski definition) is 0. The van der Waals surface area contributed by atoms with E-state index in [1.807, 2.05) is 6.92 Å². The van der Waals surface area contributed by atoms with Gasteiger partial charge in [-0.3, -0.25) is 4.79 Å². The molecule has 1 heterocycles. The fraction of sp³-hybridized carbons (Fsp3) is 0.700. The number of hydrogen-bond acceptors (Lipinski definition) is 2. The van der Waals surface area contributed by atoms with E-state index in [4.69, 9.17) is 11.2 Å². The van der Waals surface area contributed by atoms with Crippen LogP contribution in [0.15, 0.2) is 0 Å². The van der Waals surface area contributed by atoms with Gasteiger partial charge in [-0.15, -0.1) is 12.3 Å². The fourth-order valence-corrected chi connectivity index (χ4v) is 1.45. The van der Waals surface area contributed by atoms with Crippen LogP contribution in [0.4, 0.5) is 0 Å². The highest BCUT2D eigenvalue weighted by molar-refractivity contribution is 5.87. The molecule has 0 saturated carbocycles. The second-order valence-corrected chi connectivity index (χ2v) is 3.31. The number of Topliss-reactive ketones (excluding diaryl/α,β-unsaturated/α-hetero) is 1. The van der Waals surface area contributed by atoms with Crippen LogP contribution in [0.25, 0.3) is 0 Å². The molecular weight excluding hydrogens is 152 g/mol. The summed E-state index contributed by atoms with van der Waals surface area (Å²) in [6.45, 7) is 2.57. The summed E-state index contributed by atoms with van der Waals surface area (Å²) >= 11 is 0. The SMILES string of the molecule is C#CCCC(=O)C1(C)CCCO1. The van der Waals surface area contributed by atoms with Crippen molar-refractivity contribution in [2.75, 3.05) is 6.61 Å². The van der Waals surface area contributed by atoms with Gasteiger partial charge in [0, 0.05) is 19.4 Å². The van der Waals surface area contributed by atoms with Gasteiger partial charge in [0.25, 0.3) is 0 Å². The standard InChI is InChI=1S/C10H14O2/c1-3-4-6-9(11)10(2)7-5-8-12-10/h1H,4-8H2,2H3. The van der Waals surface area contributed by atoms with E-state index in [1.54, 1.807) is 0 Å². The Morgan fingerprint density at radius 3 is 3.00 bits per heavy atom. The van der Waals surface area contributed by atoms with Gasteiger partial charge < -0.3 is 4.74 Å². The molecule has 1 unspecified atom stereocenters. The van der Waals surface area contributed by atoms with E-state index in [0.29, 0.717) is 19.4 Å². The van der Waals surface area contributed by atoms with Crippen LogP contribution in [0.2, 0.25) is 0 Å². The summed E-state index contributed by atoms with van der Waals surface area (Å²) in [6, 6.07) is 0. The maximum Gasteiger partial charge on any atom is 0.165 e. The molecule has 0 amide bonds. The lowest BCUT2D eigenvalue weighted by atomic mass is 9.94. The summed E-state index contributed by atoms with van der Waals surface area (Å²) in [5, 5.41) is 0. The summed E-state index contributed by atoms with van der Waals surface area (Å²) in [4.78, 5) is 11.5. The molecule has 1 aliphatic rings. The van der Waals surface area contributed by atoms with Crippen molar-refractivity contribution in [3.63, 3.8) is 0 Å². The zero-order valence-electron chi connectivity index (χ0n) is 7.43. The summed E-state index contributed by atoms with van der Waals surface area (Å²) < 4.78 is 5.38. The second-order valence-electron chi connectivity index (χ2n) is 3.31. The van der Waals surface area contributed by atoms with Crippen LogP contribution in [0.1, 0.15) is 32.6 Å². The van der Waals surface area contributed by atoms with Gasteiger partial charge in [-0.2, -0.15) is 0 Å². The van der Waals surface area contributed by atoms with Crippen molar-refractivity contribution in [2.45, 2.75) is 38.2 Å². The van der Waals surface area contributed by atoms with Gasteiger partial charge in [0.2, 0.25) is 0 Å². The van der Waals surface area contributed by atoms with Crippen LogP contribution in [0, 0.1) is 12.3 Å². The lowest BCUT2D eigenvalue weighted by Crippen LogP contribution is -2.33. The minimum atomic E-state index is -0.531. The van der Waals surface area contributed by atoms with E-state index in [2.05, 4.69) is 5.92 Å². The van der Waals surface area contributed by atoms with Crippen LogP contribution in [-0.2, 0) is 9.53 Å². The van der Waals surface area contributed by atoms with Crippen molar-refractivity contribution < 1.29 is 9.53 Å². The van der Waals surface area contributed by atoms with E-state index in [9.17, 15) is 4.79 Å². The zero-order chi connectivity index (χ0) is 9.03. The first-order chi connectivity index (χ1) is 5.69. The maximum absolute atomic E-state index is 11.5. The molecule has 1 aliphatic heterocycles. The first-order valence-electron chi connectivity index (χ1n) is 4.30. The van der Waals surface area contributed by atoms with Crippen molar-refractivity contribution >= 4 is 5.78 Å². The smallest absolute Gasteiger partial charge is 0.165 e. The molecular formula is C10H14O2. The third-order valence-corrected chi connectivity index (χ3v) is 2.31. The van der Waals surface area contributed by atoms with E-state index < -0.39 is 5.60 Å². The highest BCUT2D eigenvalue weighted by atomic mass is 16.5. The molecule has 2 nitrogen and oxygen atoms in total. The van der Waals surface area contributed by atoms with Crippen LogP contribution in [-0.4, -0.2) is 18.0 Å². The van der Waals surface area contributed by atoms with Crippen molar-refractivity contribution in [1.82, 2.24) is 0 Å². The van der Waals surface area contributed by atoms with Crippen molar-refractivity contribution in [1.29, 1.82) is 0 Å². The quantitative estimate of drug-likeness (QED) is 0.594. The van der Waals surface area contributed by atoms with Crippen LogP contribution in [0.5, 0.6) is 0 Å². The van der Waals surface area contributed by atoms with Crippen LogP contribution < -0.4 is 0 Å². The molecule has 1 fully saturated rings. The third-order valence-electron chi connectivity index (χ3n) is 2.31. The molecule has 12 heavy (non-hydrogen) atoms. The number of terminal acetylenes is 1. The minimum Gasteiger partial charge on any atom is -0.368 e. The lowest BCUT2D eigenvalue weighted by molar-refractivity contribution is -0.137. The number of rotatable bonds is 3. The fourth-order valence-electron chi connectivity index (χ4n) is 1.45. The van der Waals surface area contributed by atoms with E-state index >= 15 is 0 Å². The minimum absolute atomic E-state index is 0.151. The van der Waals surface area contributed by atoms with Crippen molar-refractivity contribution in [3.8, 4) is 12.3 Å². The predicted octanol–water partition coefficient (Wildman–Crippen LogP) is 1.54. The zero-order valence-corrected chi connectivity index (χ0v) is 7.43. The Labute approximate surface area is 73.3 Å². The van der Waals surface area contributed by atoms with Gasteiger partial charge in [-0.05, 0) is 19.8 Å². The average molecular weight is 166 g/mol. The van der Waals surface area contributed by atoms with Gasteiger partial charge in [0.05, 0.1) is 0 Å². The van der Waals surface area contributed by atoms with Crippen LogP contribution >= 0.6 is 0 Å². The van der Waals surface area contributed by atoms with Crippen LogP contribution in [0.3, 0.4) is 0 Å². The topological polar surface area (TPSA) is 26.3 Å². The molecule has 1 saturated heterocycles. The van der Waals surface area contributed by atoms with Gasteiger partial charge in [-0.25, -0.2) is 0 Å². The predicted molar refractivity (Wildman–Crippen MR) is 46.7 cm³/mol. The molecule has 0 aliphatic carbocycles. The molecule has 0 bridgehead atoms. The van der Waals surface area contributed by atoms with Gasteiger partial charge >= 0.3 is 0 Å². The highest BCUT2D eigenvalue weighted by Crippen LogP contribution is 2.27. The average Bonchev–Trinajstić information content (AvgIpc) is 2.49. The first kappa shape index (κ1) is 9.28. The molecule has 0 aromatic rings. The van der Waals surface area contributed by atoms with Gasteiger partial charge in [0.1, 0.15) is 5.60 Å². The Balaban J connectivity index is 2.45. The summed E-state index contributed by atoms with van der Waals surface area (Å²) in [5.41, 5.74) is -0.531. The number of ether oxygens (including phenoxy) is 1. The van der Waals surface area contributed by atoms with Gasteiger partial charge in [0.15, 0.2) is 5.78 Å². The molecule has 66 valence electrons. The molecule has 0 aromatic carbocycles. The molecule has 0 radical (unpaired) electrons. The monoisotopic (exact) mass is 166 g/mol. The Morgan fingerprint density at radius 2 is 2.50 bits per heavy atom. The highest BCUT2D eigenvalue weighted by Gasteiger charge is 2.36.